The van der Waals surface area contributed by atoms with Gasteiger partial charge < -0.3 is 14.4 Å². The monoisotopic (exact) mass is 487 g/mol. The summed E-state index contributed by atoms with van der Waals surface area (Å²) in [5.41, 5.74) is 1.11. The first-order valence-electron chi connectivity index (χ1n) is 10.7. The predicted octanol–water partition coefficient (Wildman–Crippen LogP) is 8.14. The van der Waals surface area contributed by atoms with Crippen LogP contribution in [0.5, 0.6) is 11.5 Å². The molecule has 0 fully saturated rings. The third-order valence-electron chi connectivity index (χ3n) is 5.48. The second-order valence-corrected chi connectivity index (χ2v) is 8.31. The molecule has 0 aliphatic carbocycles. The molecule has 1 heterocycles. The molecule has 0 radical (unpaired) electrons. The Kier molecular flexibility index (Phi) is 6.57. The summed E-state index contributed by atoms with van der Waals surface area (Å²) in [6, 6.07) is 16.6. The number of carboxylic acids is 1. The summed E-state index contributed by atoms with van der Waals surface area (Å²) < 4.78 is 46.9. The van der Waals surface area contributed by atoms with Crippen molar-refractivity contribution < 1.29 is 27.8 Å². The number of nitrogens with zero attached hydrogens (tertiary/aromatic N) is 1. The Hall–Kier alpha value is -3.45. The third kappa shape index (κ3) is 4.75. The van der Waals surface area contributed by atoms with Crippen LogP contribution >= 0.6 is 11.6 Å². The average molecular weight is 488 g/mol. The molecule has 34 heavy (non-hydrogen) atoms. The largest absolute Gasteiger partial charge is 0.476 e. The summed E-state index contributed by atoms with van der Waals surface area (Å²) in [5.74, 6) is -1.50. The van der Waals surface area contributed by atoms with Crippen LogP contribution in [0.15, 0.2) is 66.7 Å². The molecular formula is C26H21ClF3NO3. The molecule has 0 saturated carbocycles. The summed E-state index contributed by atoms with van der Waals surface area (Å²) in [6.45, 7) is 2.11. The van der Waals surface area contributed by atoms with Crippen LogP contribution < -0.4 is 4.74 Å². The lowest BCUT2D eigenvalue weighted by atomic mass is 10.1. The van der Waals surface area contributed by atoms with E-state index in [4.69, 9.17) is 16.3 Å². The van der Waals surface area contributed by atoms with E-state index in [1.54, 1.807) is 18.2 Å². The lowest BCUT2D eigenvalue weighted by molar-refractivity contribution is -0.137. The molecule has 0 aliphatic rings. The fourth-order valence-electron chi connectivity index (χ4n) is 3.85. The van der Waals surface area contributed by atoms with Gasteiger partial charge in [-0.2, -0.15) is 13.2 Å². The Morgan fingerprint density at radius 1 is 1.06 bits per heavy atom. The quantitative estimate of drug-likeness (QED) is 0.286. The van der Waals surface area contributed by atoms with Crippen molar-refractivity contribution in [3.8, 4) is 17.2 Å². The van der Waals surface area contributed by atoms with Gasteiger partial charge in [0.1, 0.15) is 5.75 Å². The maximum absolute atomic E-state index is 13.2. The number of fused-ring (bicyclic) bond motifs is 1. The Morgan fingerprint density at radius 2 is 1.79 bits per heavy atom. The minimum Gasteiger partial charge on any atom is -0.476 e. The van der Waals surface area contributed by atoms with Crippen LogP contribution in [0.4, 0.5) is 13.2 Å². The average Bonchev–Trinajstić information content (AvgIpc) is 3.11. The van der Waals surface area contributed by atoms with E-state index in [2.05, 4.69) is 6.92 Å². The lowest BCUT2D eigenvalue weighted by Crippen LogP contribution is -2.08. The Bertz CT molecular complexity index is 1340. The number of aryl methyl sites for hydroxylation is 1. The maximum Gasteiger partial charge on any atom is 0.416 e. The normalized spacial score (nSPS) is 11.7. The minimum atomic E-state index is -4.56. The predicted molar refractivity (Wildman–Crippen MR) is 125 cm³/mol. The number of hydrogen-bond acceptors (Lipinski definition) is 2. The molecule has 0 bridgehead atoms. The lowest BCUT2D eigenvalue weighted by Gasteiger charge is -2.12. The smallest absolute Gasteiger partial charge is 0.416 e. The maximum atomic E-state index is 13.2. The zero-order valence-electron chi connectivity index (χ0n) is 18.2. The molecular weight excluding hydrogens is 467 g/mol. The van der Waals surface area contributed by atoms with Crippen LogP contribution in [-0.2, 0) is 12.6 Å². The number of hydrogen-bond donors (Lipinski definition) is 1. The van der Waals surface area contributed by atoms with E-state index in [0.29, 0.717) is 21.6 Å². The molecule has 4 nitrogen and oxygen atoms in total. The van der Waals surface area contributed by atoms with Gasteiger partial charge >= 0.3 is 12.1 Å². The van der Waals surface area contributed by atoms with E-state index >= 15 is 0 Å². The zero-order valence-corrected chi connectivity index (χ0v) is 19.0. The number of carboxylic acid groups (broad SMARTS) is 1. The SMILES string of the molecule is CCCCc1ccc(-n2c(C(=O)O)c(Oc3cccc(C(F)(F)F)c3)c3cc(Cl)ccc32)cc1. The van der Waals surface area contributed by atoms with Gasteiger partial charge in [-0.3, -0.25) is 0 Å². The first-order chi connectivity index (χ1) is 16.2. The Labute approximate surface area is 199 Å². The zero-order chi connectivity index (χ0) is 24.5. The fourth-order valence-corrected chi connectivity index (χ4v) is 4.02. The van der Waals surface area contributed by atoms with Crippen LogP contribution in [0.2, 0.25) is 5.02 Å². The van der Waals surface area contributed by atoms with Gasteiger partial charge in [-0.1, -0.05) is 43.1 Å². The van der Waals surface area contributed by atoms with Crippen molar-refractivity contribution in [2.45, 2.75) is 32.4 Å². The standard InChI is InChI=1S/C26H21ClF3NO3/c1-2-3-5-16-8-11-19(12-9-16)31-22-13-10-18(27)15-21(22)24(23(31)25(32)33)34-20-7-4-6-17(14-20)26(28,29)30/h4,6-15H,2-3,5H2,1H3,(H,32,33). The summed E-state index contributed by atoms with van der Waals surface area (Å²) in [5, 5.41) is 10.8. The number of halogens is 4. The van der Waals surface area contributed by atoms with E-state index in [0.717, 1.165) is 37.0 Å². The summed E-state index contributed by atoms with van der Waals surface area (Å²) in [7, 11) is 0. The summed E-state index contributed by atoms with van der Waals surface area (Å²) >= 11 is 6.17. The van der Waals surface area contributed by atoms with Gasteiger partial charge in [0.2, 0.25) is 0 Å². The molecule has 3 aromatic carbocycles. The first-order valence-corrected chi connectivity index (χ1v) is 11.1. The first kappa shape index (κ1) is 23.7. The minimum absolute atomic E-state index is 0.0839. The molecule has 0 atom stereocenters. The number of aromatic carboxylic acids is 1. The molecule has 1 aromatic heterocycles. The Morgan fingerprint density at radius 3 is 2.44 bits per heavy atom. The number of carbonyl (C=O) groups is 1. The van der Waals surface area contributed by atoms with Crippen molar-refractivity contribution in [3.63, 3.8) is 0 Å². The van der Waals surface area contributed by atoms with Gasteiger partial charge in [-0.25, -0.2) is 4.79 Å². The molecule has 0 saturated heterocycles. The van der Waals surface area contributed by atoms with Crippen molar-refractivity contribution in [1.29, 1.82) is 0 Å². The van der Waals surface area contributed by atoms with E-state index in [1.165, 1.54) is 16.7 Å². The van der Waals surface area contributed by atoms with Crippen molar-refractivity contribution in [3.05, 3.63) is 88.6 Å². The third-order valence-corrected chi connectivity index (χ3v) is 5.72. The van der Waals surface area contributed by atoms with Crippen LogP contribution in [-0.4, -0.2) is 15.6 Å². The van der Waals surface area contributed by atoms with Gasteiger partial charge in [0.05, 0.1) is 11.1 Å². The van der Waals surface area contributed by atoms with E-state index in [9.17, 15) is 23.1 Å². The molecule has 4 rings (SSSR count). The number of unbranched alkanes of at least 4 members (excludes halogenated alkanes) is 1. The molecule has 8 heteroatoms. The van der Waals surface area contributed by atoms with Crippen molar-refractivity contribution in [2.75, 3.05) is 0 Å². The van der Waals surface area contributed by atoms with Gasteiger partial charge in [-0.05, 0) is 66.9 Å². The molecule has 0 unspecified atom stereocenters. The van der Waals surface area contributed by atoms with Crippen LogP contribution in [0.25, 0.3) is 16.6 Å². The molecule has 0 amide bonds. The second-order valence-electron chi connectivity index (χ2n) is 7.88. The Balaban J connectivity index is 1.89. The number of rotatable bonds is 7. The number of alkyl halides is 3. The molecule has 4 aromatic rings. The number of benzene rings is 3. The van der Waals surface area contributed by atoms with Crippen LogP contribution in [0.1, 0.15) is 41.4 Å². The number of ether oxygens (including phenoxy) is 1. The highest BCUT2D eigenvalue weighted by Crippen LogP contribution is 2.41. The number of aromatic nitrogens is 1. The topological polar surface area (TPSA) is 51.5 Å². The van der Waals surface area contributed by atoms with Crippen molar-refractivity contribution >= 4 is 28.5 Å². The van der Waals surface area contributed by atoms with E-state index in [-0.39, 0.29) is 17.2 Å². The highest BCUT2D eigenvalue weighted by molar-refractivity contribution is 6.31. The van der Waals surface area contributed by atoms with Gasteiger partial charge in [-0.15, -0.1) is 0 Å². The molecule has 176 valence electrons. The van der Waals surface area contributed by atoms with E-state index < -0.39 is 17.7 Å². The van der Waals surface area contributed by atoms with Crippen LogP contribution in [0, 0.1) is 0 Å². The van der Waals surface area contributed by atoms with Gasteiger partial charge in [0, 0.05) is 16.1 Å². The highest BCUT2D eigenvalue weighted by Gasteiger charge is 2.31. The van der Waals surface area contributed by atoms with Crippen molar-refractivity contribution in [1.82, 2.24) is 4.57 Å². The van der Waals surface area contributed by atoms with Gasteiger partial charge in [0.15, 0.2) is 11.4 Å². The van der Waals surface area contributed by atoms with Gasteiger partial charge in [0.25, 0.3) is 0 Å². The summed E-state index contributed by atoms with van der Waals surface area (Å²) in [4.78, 5) is 12.4. The van der Waals surface area contributed by atoms with E-state index in [1.807, 2.05) is 24.3 Å². The second kappa shape index (κ2) is 9.43. The molecule has 0 aliphatic heterocycles. The summed E-state index contributed by atoms with van der Waals surface area (Å²) in [6.07, 6.45) is -1.55. The molecule has 1 N–H and O–H groups in total. The fraction of sp³-hybridized carbons (Fsp3) is 0.192. The molecule has 0 spiro atoms. The highest BCUT2D eigenvalue weighted by atomic mass is 35.5. The van der Waals surface area contributed by atoms with Crippen LogP contribution in [0.3, 0.4) is 0 Å². The van der Waals surface area contributed by atoms with Crippen molar-refractivity contribution in [2.24, 2.45) is 0 Å².